The molecule has 4 nitrogen and oxygen atoms in total. The Bertz CT molecular complexity index is 379. The van der Waals surface area contributed by atoms with E-state index in [1.165, 1.54) is 78.0 Å². The maximum Gasteiger partial charge on any atom is 0.0268 e. The first-order valence-corrected chi connectivity index (χ1v) is 10.7. The summed E-state index contributed by atoms with van der Waals surface area (Å²) >= 11 is 0. The molecule has 25 heavy (non-hydrogen) atoms. The van der Waals surface area contributed by atoms with Gasteiger partial charge in [0, 0.05) is 25.2 Å². The van der Waals surface area contributed by atoms with Gasteiger partial charge in [0.2, 0.25) is 0 Å². The van der Waals surface area contributed by atoms with Crippen LogP contribution in [0.15, 0.2) is 0 Å². The van der Waals surface area contributed by atoms with Crippen LogP contribution in [0, 0.1) is 5.41 Å². The number of nitrogens with zero attached hydrogens (tertiary/aromatic N) is 4. The van der Waals surface area contributed by atoms with Gasteiger partial charge in [-0.2, -0.15) is 0 Å². The van der Waals surface area contributed by atoms with Gasteiger partial charge in [-0.15, -0.1) is 0 Å². The van der Waals surface area contributed by atoms with E-state index in [4.69, 9.17) is 0 Å². The van der Waals surface area contributed by atoms with Crippen LogP contribution in [0.25, 0.3) is 0 Å². The van der Waals surface area contributed by atoms with Gasteiger partial charge in [0.15, 0.2) is 0 Å². The van der Waals surface area contributed by atoms with Crippen molar-refractivity contribution in [3.63, 3.8) is 0 Å². The summed E-state index contributed by atoms with van der Waals surface area (Å²) in [4.78, 5) is 10.6. The Labute approximate surface area is 157 Å². The minimum atomic E-state index is 0.361. The van der Waals surface area contributed by atoms with Crippen LogP contribution in [0.1, 0.15) is 53.4 Å². The Morgan fingerprint density at radius 3 is 2.28 bits per heavy atom. The van der Waals surface area contributed by atoms with E-state index >= 15 is 0 Å². The van der Waals surface area contributed by atoms with E-state index < -0.39 is 0 Å². The molecule has 2 aliphatic rings. The van der Waals surface area contributed by atoms with Crippen molar-refractivity contribution >= 4 is 0 Å². The average molecular weight is 353 g/mol. The highest BCUT2D eigenvalue weighted by Gasteiger charge is 2.31. The summed E-state index contributed by atoms with van der Waals surface area (Å²) < 4.78 is 0. The first kappa shape index (κ1) is 21.1. The van der Waals surface area contributed by atoms with Gasteiger partial charge in [-0.3, -0.25) is 4.90 Å². The third-order valence-electron chi connectivity index (χ3n) is 6.36. The minimum absolute atomic E-state index is 0.361. The molecule has 0 bridgehead atoms. The van der Waals surface area contributed by atoms with Crippen molar-refractivity contribution in [2.45, 2.75) is 65.5 Å². The van der Waals surface area contributed by atoms with Crippen LogP contribution in [0.2, 0.25) is 0 Å². The molecule has 4 heteroatoms. The highest BCUT2D eigenvalue weighted by Crippen LogP contribution is 2.26. The van der Waals surface area contributed by atoms with Gasteiger partial charge < -0.3 is 14.7 Å². The average Bonchev–Trinajstić information content (AvgIpc) is 2.83. The minimum Gasteiger partial charge on any atom is -0.305 e. The molecule has 0 N–H and O–H groups in total. The SMILES string of the molecule is CC[C@@H]1CN(C)CCCN1CCCN1CCCN(C)[C@H](C(C)(C)C)C1. The summed E-state index contributed by atoms with van der Waals surface area (Å²) in [6, 6.07) is 1.43. The van der Waals surface area contributed by atoms with Crippen LogP contribution in [0.3, 0.4) is 0 Å². The summed E-state index contributed by atoms with van der Waals surface area (Å²) in [5.74, 6) is 0. The molecule has 0 spiro atoms. The van der Waals surface area contributed by atoms with Crippen LogP contribution in [0.5, 0.6) is 0 Å². The molecule has 0 aromatic heterocycles. The Balaban J connectivity index is 1.83. The molecule has 0 aromatic rings. The fourth-order valence-corrected chi connectivity index (χ4v) is 4.78. The van der Waals surface area contributed by atoms with Gasteiger partial charge in [-0.05, 0) is 84.5 Å². The van der Waals surface area contributed by atoms with Gasteiger partial charge >= 0.3 is 0 Å². The molecule has 0 saturated carbocycles. The fraction of sp³-hybridized carbons (Fsp3) is 1.00. The molecule has 0 aromatic carbocycles. The molecule has 0 aliphatic carbocycles. The third kappa shape index (κ3) is 6.50. The molecule has 2 rings (SSSR count). The highest BCUT2D eigenvalue weighted by molar-refractivity contribution is 4.87. The van der Waals surface area contributed by atoms with E-state index in [0.29, 0.717) is 11.5 Å². The Morgan fingerprint density at radius 1 is 0.880 bits per heavy atom. The van der Waals surface area contributed by atoms with E-state index in [2.05, 4.69) is 61.4 Å². The van der Waals surface area contributed by atoms with Crippen molar-refractivity contribution in [1.82, 2.24) is 19.6 Å². The molecule has 2 heterocycles. The molecular formula is C21H44N4. The Hall–Kier alpha value is -0.160. The van der Waals surface area contributed by atoms with E-state index in [1.807, 2.05) is 0 Å². The van der Waals surface area contributed by atoms with Crippen molar-refractivity contribution in [2.75, 3.05) is 66.5 Å². The standard InChI is InChI=1S/C21H44N4/c1-7-19-17-22(5)11-8-15-25(19)16-10-14-24-13-9-12-23(6)20(18-24)21(2,3)4/h19-20H,7-18H2,1-6H3/t19-,20+/m1/s1. The lowest BCUT2D eigenvalue weighted by atomic mass is 9.85. The third-order valence-corrected chi connectivity index (χ3v) is 6.36. The van der Waals surface area contributed by atoms with Crippen molar-refractivity contribution in [1.29, 1.82) is 0 Å². The van der Waals surface area contributed by atoms with Crippen LogP contribution >= 0.6 is 0 Å². The largest absolute Gasteiger partial charge is 0.305 e. The topological polar surface area (TPSA) is 13.0 Å². The van der Waals surface area contributed by atoms with Gasteiger partial charge in [-0.1, -0.05) is 27.7 Å². The second kappa shape index (κ2) is 9.68. The van der Waals surface area contributed by atoms with E-state index in [9.17, 15) is 0 Å². The predicted octanol–water partition coefficient (Wildman–Crippen LogP) is 2.84. The van der Waals surface area contributed by atoms with Crippen LogP contribution in [-0.4, -0.2) is 98.1 Å². The monoisotopic (exact) mass is 352 g/mol. The maximum atomic E-state index is 2.77. The fourth-order valence-electron chi connectivity index (χ4n) is 4.78. The van der Waals surface area contributed by atoms with Crippen LogP contribution in [-0.2, 0) is 0 Å². The van der Waals surface area contributed by atoms with Crippen molar-refractivity contribution in [3.8, 4) is 0 Å². The lowest BCUT2D eigenvalue weighted by Gasteiger charge is -2.39. The van der Waals surface area contributed by atoms with Gasteiger partial charge in [0.25, 0.3) is 0 Å². The van der Waals surface area contributed by atoms with E-state index in [-0.39, 0.29) is 0 Å². The zero-order chi connectivity index (χ0) is 18.4. The quantitative estimate of drug-likeness (QED) is 0.754. The first-order chi connectivity index (χ1) is 11.8. The summed E-state index contributed by atoms with van der Waals surface area (Å²) in [5, 5.41) is 0. The molecule has 2 fully saturated rings. The van der Waals surface area contributed by atoms with Gasteiger partial charge in [0.05, 0.1) is 0 Å². The second-order valence-corrected chi connectivity index (χ2v) is 9.58. The molecule has 2 saturated heterocycles. The summed E-state index contributed by atoms with van der Waals surface area (Å²) in [6.45, 7) is 19.7. The zero-order valence-corrected chi connectivity index (χ0v) is 17.9. The number of hydrogen-bond acceptors (Lipinski definition) is 4. The first-order valence-electron chi connectivity index (χ1n) is 10.7. The molecule has 0 radical (unpaired) electrons. The summed E-state index contributed by atoms with van der Waals surface area (Å²) in [6.07, 6.45) is 5.24. The molecule has 0 unspecified atom stereocenters. The maximum absolute atomic E-state index is 2.77. The van der Waals surface area contributed by atoms with Crippen molar-refractivity contribution in [2.24, 2.45) is 5.41 Å². The summed E-state index contributed by atoms with van der Waals surface area (Å²) in [7, 11) is 4.60. The lowest BCUT2D eigenvalue weighted by molar-refractivity contribution is 0.105. The summed E-state index contributed by atoms with van der Waals surface area (Å²) in [5.41, 5.74) is 0.361. The molecule has 2 atom stereocenters. The van der Waals surface area contributed by atoms with E-state index in [0.717, 1.165) is 6.04 Å². The van der Waals surface area contributed by atoms with Crippen LogP contribution < -0.4 is 0 Å². The van der Waals surface area contributed by atoms with Crippen molar-refractivity contribution < 1.29 is 0 Å². The highest BCUT2D eigenvalue weighted by atomic mass is 15.3. The Morgan fingerprint density at radius 2 is 1.60 bits per heavy atom. The Kier molecular flexibility index (Phi) is 8.19. The zero-order valence-electron chi connectivity index (χ0n) is 17.9. The van der Waals surface area contributed by atoms with Crippen molar-refractivity contribution in [3.05, 3.63) is 0 Å². The predicted molar refractivity (Wildman–Crippen MR) is 109 cm³/mol. The number of likely N-dealkylation sites (N-methyl/N-ethyl adjacent to an activating group) is 2. The molecule has 0 amide bonds. The molecular weight excluding hydrogens is 308 g/mol. The number of rotatable bonds is 5. The van der Waals surface area contributed by atoms with Crippen LogP contribution in [0.4, 0.5) is 0 Å². The van der Waals surface area contributed by atoms with E-state index in [1.54, 1.807) is 0 Å². The second-order valence-electron chi connectivity index (χ2n) is 9.58. The molecule has 2 aliphatic heterocycles. The normalized spacial score (nSPS) is 29.5. The lowest BCUT2D eigenvalue weighted by Crippen LogP contribution is -2.47. The smallest absolute Gasteiger partial charge is 0.0268 e. The molecule has 148 valence electrons. The van der Waals surface area contributed by atoms with Gasteiger partial charge in [-0.25, -0.2) is 0 Å². The van der Waals surface area contributed by atoms with Gasteiger partial charge in [0.1, 0.15) is 0 Å². The number of hydrogen-bond donors (Lipinski definition) is 0.